The summed E-state index contributed by atoms with van der Waals surface area (Å²) >= 11 is 1.12. The largest absolute Gasteiger partial charge is 0.416 e. The van der Waals surface area contributed by atoms with Gasteiger partial charge < -0.3 is 0 Å². The van der Waals surface area contributed by atoms with Crippen molar-refractivity contribution in [3.63, 3.8) is 0 Å². The number of sulfone groups is 1. The van der Waals surface area contributed by atoms with Gasteiger partial charge in [-0.2, -0.15) is 13.2 Å². The average Bonchev–Trinajstić information content (AvgIpc) is 2.88. The van der Waals surface area contributed by atoms with Crippen molar-refractivity contribution in [1.29, 1.82) is 0 Å². The molecule has 0 atom stereocenters. The van der Waals surface area contributed by atoms with Crippen LogP contribution in [0.25, 0.3) is 10.4 Å². The van der Waals surface area contributed by atoms with Crippen LogP contribution < -0.4 is 0 Å². The van der Waals surface area contributed by atoms with Gasteiger partial charge in [0.2, 0.25) is 0 Å². The van der Waals surface area contributed by atoms with E-state index in [0.29, 0.717) is 10.4 Å². The van der Waals surface area contributed by atoms with Crippen molar-refractivity contribution in [2.75, 3.05) is 5.75 Å². The minimum absolute atomic E-state index is 0.0359. The van der Waals surface area contributed by atoms with Crippen molar-refractivity contribution in [2.24, 2.45) is 0 Å². The highest BCUT2D eigenvalue weighted by atomic mass is 32.2. The van der Waals surface area contributed by atoms with E-state index in [1.54, 1.807) is 0 Å². The van der Waals surface area contributed by atoms with E-state index in [4.69, 9.17) is 0 Å². The molecule has 7 heteroatoms. The van der Waals surface area contributed by atoms with Crippen LogP contribution in [0.5, 0.6) is 0 Å². The van der Waals surface area contributed by atoms with Crippen LogP contribution in [0.2, 0.25) is 0 Å². The number of alkyl halides is 3. The lowest BCUT2D eigenvalue weighted by atomic mass is 10.1. The fraction of sp³-hybridized carbons (Fsp3) is 0.231. The number of halogens is 3. The van der Waals surface area contributed by atoms with Gasteiger partial charge in [0.15, 0.2) is 9.84 Å². The summed E-state index contributed by atoms with van der Waals surface area (Å²) in [5, 5.41) is 1.45. The number of thiophene rings is 1. The van der Waals surface area contributed by atoms with Gasteiger partial charge in [-0.3, -0.25) is 0 Å². The smallest absolute Gasteiger partial charge is 0.224 e. The third-order valence-corrected chi connectivity index (χ3v) is 5.63. The van der Waals surface area contributed by atoms with Crippen LogP contribution >= 0.6 is 11.3 Å². The van der Waals surface area contributed by atoms with E-state index in [1.807, 2.05) is 0 Å². The Bertz CT molecular complexity index is 715. The molecular weight excluding hydrogens is 309 g/mol. The molecule has 0 aliphatic carbocycles. The predicted molar refractivity (Wildman–Crippen MR) is 72.5 cm³/mol. The van der Waals surface area contributed by atoms with Gasteiger partial charge >= 0.3 is 6.18 Å². The second-order valence-electron chi connectivity index (χ2n) is 4.13. The van der Waals surface area contributed by atoms with Gasteiger partial charge in [-0.1, -0.05) is 19.1 Å². The second-order valence-corrected chi connectivity index (χ2v) is 7.32. The summed E-state index contributed by atoms with van der Waals surface area (Å²) in [6, 6.07) is 6.27. The maximum Gasteiger partial charge on any atom is 0.416 e. The first-order chi connectivity index (χ1) is 9.24. The predicted octanol–water partition coefficient (Wildman–Crippen LogP) is 4.23. The molecule has 2 nitrogen and oxygen atoms in total. The Morgan fingerprint density at radius 1 is 1.20 bits per heavy atom. The minimum Gasteiger partial charge on any atom is -0.224 e. The Hall–Kier alpha value is -1.34. The first-order valence-corrected chi connectivity index (χ1v) is 8.26. The summed E-state index contributed by atoms with van der Waals surface area (Å²) < 4.78 is 61.3. The van der Waals surface area contributed by atoms with Gasteiger partial charge in [-0.05, 0) is 23.8 Å². The molecule has 0 aliphatic rings. The van der Waals surface area contributed by atoms with E-state index in [9.17, 15) is 21.6 Å². The lowest BCUT2D eigenvalue weighted by Gasteiger charge is -2.07. The Balaban J connectivity index is 2.44. The molecule has 0 spiro atoms. The van der Waals surface area contributed by atoms with Crippen molar-refractivity contribution in [3.05, 3.63) is 41.3 Å². The van der Waals surface area contributed by atoms with E-state index >= 15 is 0 Å². The van der Waals surface area contributed by atoms with Crippen LogP contribution in [-0.2, 0) is 16.0 Å². The van der Waals surface area contributed by atoms with Gasteiger partial charge in [0.05, 0.1) is 16.2 Å². The SMILES string of the molecule is CCS(=O)(=O)c1csc(-c2cccc(C(F)(F)F)c2)c1. The Morgan fingerprint density at radius 2 is 1.90 bits per heavy atom. The third kappa shape index (κ3) is 3.04. The van der Waals surface area contributed by atoms with Crippen molar-refractivity contribution in [1.82, 2.24) is 0 Å². The molecule has 0 N–H and O–H groups in total. The lowest BCUT2D eigenvalue weighted by molar-refractivity contribution is -0.137. The molecule has 2 rings (SSSR count). The third-order valence-electron chi connectivity index (χ3n) is 2.79. The number of rotatable bonds is 3. The van der Waals surface area contributed by atoms with Crippen LogP contribution in [0.1, 0.15) is 12.5 Å². The molecule has 108 valence electrons. The maximum absolute atomic E-state index is 12.6. The molecule has 1 aromatic carbocycles. The van der Waals surface area contributed by atoms with Crippen LogP contribution in [0.15, 0.2) is 40.6 Å². The van der Waals surface area contributed by atoms with Crippen molar-refractivity contribution < 1.29 is 21.6 Å². The lowest BCUT2D eigenvalue weighted by Crippen LogP contribution is -2.04. The molecule has 0 saturated heterocycles. The van der Waals surface area contributed by atoms with E-state index < -0.39 is 21.6 Å². The van der Waals surface area contributed by atoms with Gasteiger partial charge in [-0.15, -0.1) is 11.3 Å². The zero-order valence-corrected chi connectivity index (χ0v) is 12.1. The number of benzene rings is 1. The molecule has 1 heterocycles. The van der Waals surface area contributed by atoms with E-state index in [0.717, 1.165) is 23.5 Å². The summed E-state index contributed by atoms with van der Waals surface area (Å²) in [6.45, 7) is 1.52. The Labute approximate surface area is 118 Å². The van der Waals surface area contributed by atoms with Crippen molar-refractivity contribution in [3.8, 4) is 10.4 Å². The van der Waals surface area contributed by atoms with Crippen LogP contribution in [0, 0.1) is 0 Å². The average molecular weight is 320 g/mol. The van der Waals surface area contributed by atoms with E-state index in [2.05, 4.69) is 0 Å². The maximum atomic E-state index is 12.6. The summed E-state index contributed by atoms with van der Waals surface area (Å²) in [4.78, 5) is 0.653. The highest BCUT2D eigenvalue weighted by molar-refractivity contribution is 7.91. The van der Waals surface area contributed by atoms with Crippen molar-refractivity contribution in [2.45, 2.75) is 18.0 Å². The van der Waals surface area contributed by atoms with Gasteiger partial charge in [-0.25, -0.2) is 8.42 Å². The summed E-state index contributed by atoms with van der Waals surface area (Å²) in [6.07, 6.45) is -4.41. The fourth-order valence-electron chi connectivity index (χ4n) is 1.65. The number of hydrogen-bond acceptors (Lipinski definition) is 3. The summed E-state index contributed by atoms with van der Waals surface area (Å²) in [5.74, 6) is -0.0359. The molecular formula is C13H11F3O2S2. The second kappa shape index (κ2) is 5.21. The van der Waals surface area contributed by atoms with Crippen LogP contribution in [-0.4, -0.2) is 14.2 Å². The molecule has 0 amide bonds. The minimum atomic E-state index is -4.41. The Morgan fingerprint density at radius 3 is 2.50 bits per heavy atom. The van der Waals surface area contributed by atoms with E-state index in [1.165, 1.54) is 30.5 Å². The van der Waals surface area contributed by atoms with Gasteiger partial charge in [0.25, 0.3) is 0 Å². The molecule has 0 fully saturated rings. The molecule has 0 bridgehead atoms. The summed E-state index contributed by atoms with van der Waals surface area (Å²) in [7, 11) is -3.34. The van der Waals surface area contributed by atoms with Crippen molar-refractivity contribution >= 4 is 21.2 Å². The molecule has 0 radical (unpaired) electrons. The Kier molecular flexibility index (Phi) is 3.93. The highest BCUT2D eigenvalue weighted by Gasteiger charge is 2.30. The highest BCUT2D eigenvalue weighted by Crippen LogP contribution is 2.35. The quantitative estimate of drug-likeness (QED) is 0.848. The van der Waals surface area contributed by atoms with Crippen LogP contribution in [0.4, 0.5) is 13.2 Å². The zero-order chi connectivity index (χ0) is 15.0. The molecule has 20 heavy (non-hydrogen) atoms. The van der Waals surface area contributed by atoms with Gasteiger partial charge in [0, 0.05) is 10.3 Å². The van der Waals surface area contributed by atoms with Gasteiger partial charge in [0.1, 0.15) is 0 Å². The normalized spacial score (nSPS) is 12.6. The monoisotopic (exact) mass is 320 g/mol. The first-order valence-electron chi connectivity index (χ1n) is 5.73. The standard InChI is InChI=1S/C13H11F3O2S2/c1-2-20(17,18)11-7-12(19-8-11)9-4-3-5-10(6-9)13(14,15)16/h3-8H,2H2,1H3. The topological polar surface area (TPSA) is 34.1 Å². The first kappa shape index (κ1) is 15.1. The molecule has 0 saturated carbocycles. The fourth-order valence-corrected chi connectivity index (χ4v) is 3.85. The molecule has 0 unspecified atom stereocenters. The molecule has 0 aliphatic heterocycles. The molecule has 1 aromatic heterocycles. The van der Waals surface area contributed by atoms with Crippen LogP contribution in [0.3, 0.4) is 0 Å². The van der Waals surface area contributed by atoms with E-state index in [-0.39, 0.29) is 10.6 Å². The summed E-state index contributed by atoms with van der Waals surface area (Å²) in [5.41, 5.74) is -0.384. The number of hydrogen-bond donors (Lipinski definition) is 0. The zero-order valence-electron chi connectivity index (χ0n) is 10.4. The molecule has 2 aromatic rings.